The van der Waals surface area contributed by atoms with Crippen molar-refractivity contribution in [2.24, 2.45) is 0 Å². The van der Waals surface area contributed by atoms with E-state index in [1.807, 2.05) is 30.1 Å². The number of carbonyl (C=O) groups is 2. The maximum atomic E-state index is 12.6. The third-order valence-electron chi connectivity index (χ3n) is 4.35. The highest BCUT2D eigenvalue weighted by molar-refractivity contribution is 7.07. The lowest BCUT2D eigenvalue weighted by molar-refractivity contribution is 0.0541. The Morgan fingerprint density at radius 2 is 2.17 bits per heavy atom. The van der Waals surface area contributed by atoms with E-state index in [0.717, 1.165) is 12.1 Å². The topological polar surface area (TPSA) is 65.5 Å². The smallest absolute Gasteiger partial charge is 0.273 e. The molecule has 0 radical (unpaired) electrons. The number of thiazole rings is 1. The first-order chi connectivity index (χ1) is 11.6. The second-order valence-electron chi connectivity index (χ2n) is 5.83. The molecule has 1 fully saturated rings. The van der Waals surface area contributed by atoms with Gasteiger partial charge in [-0.15, -0.1) is 11.3 Å². The van der Waals surface area contributed by atoms with Crippen LogP contribution in [-0.4, -0.2) is 60.3 Å². The number of likely N-dealkylation sites (N-methyl/N-ethyl adjacent to an activating group) is 1. The summed E-state index contributed by atoms with van der Waals surface area (Å²) in [5, 5.41) is 4.42. The van der Waals surface area contributed by atoms with Crippen molar-refractivity contribution in [1.29, 1.82) is 0 Å². The first-order valence-corrected chi connectivity index (χ1v) is 8.74. The zero-order valence-corrected chi connectivity index (χ0v) is 14.5. The minimum Gasteiger partial charge on any atom is -0.355 e. The fourth-order valence-electron chi connectivity index (χ4n) is 2.93. The van der Waals surface area contributed by atoms with Gasteiger partial charge in [0.2, 0.25) is 0 Å². The molecule has 0 spiro atoms. The molecule has 0 saturated carbocycles. The van der Waals surface area contributed by atoms with Crippen molar-refractivity contribution in [2.75, 3.05) is 33.7 Å². The Balaban J connectivity index is 1.81. The van der Waals surface area contributed by atoms with Crippen LogP contribution >= 0.6 is 11.3 Å². The summed E-state index contributed by atoms with van der Waals surface area (Å²) in [6.07, 6.45) is 0. The summed E-state index contributed by atoms with van der Waals surface area (Å²) in [6, 6.07) is 7.64. The first kappa shape index (κ1) is 16.6. The minimum absolute atomic E-state index is 0.0307. The quantitative estimate of drug-likeness (QED) is 0.919. The van der Waals surface area contributed by atoms with Gasteiger partial charge in [0.15, 0.2) is 0 Å². The second-order valence-corrected chi connectivity index (χ2v) is 6.54. The van der Waals surface area contributed by atoms with Gasteiger partial charge in [-0.1, -0.05) is 12.1 Å². The minimum atomic E-state index is -0.106. The Hall–Kier alpha value is -2.25. The number of amides is 2. The molecular weight excluding hydrogens is 324 g/mol. The molecule has 1 aliphatic heterocycles. The highest BCUT2D eigenvalue weighted by Gasteiger charge is 2.29. The Labute approximate surface area is 145 Å². The normalized spacial score (nSPS) is 18.4. The van der Waals surface area contributed by atoms with Gasteiger partial charge in [0, 0.05) is 37.6 Å². The van der Waals surface area contributed by atoms with E-state index in [0.29, 0.717) is 24.3 Å². The Kier molecular flexibility index (Phi) is 4.92. The number of carbonyl (C=O) groups excluding carboxylic acids is 2. The third-order valence-corrected chi connectivity index (χ3v) is 4.93. The van der Waals surface area contributed by atoms with E-state index >= 15 is 0 Å². The summed E-state index contributed by atoms with van der Waals surface area (Å²) >= 11 is 1.42. The van der Waals surface area contributed by atoms with Crippen molar-refractivity contribution in [3.8, 4) is 0 Å². The summed E-state index contributed by atoms with van der Waals surface area (Å²) < 4.78 is 0. The number of benzene rings is 1. The van der Waals surface area contributed by atoms with Crippen molar-refractivity contribution in [3.63, 3.8) is 0 Å². The van der Waals surface area contributed by atoms with Crippen molar-refractivity contribution >= 4 is 23.2 Å². The summed E-state index contributed by atoms with van der Waals surface area (Å²) in [7, 11) is 3.66. The fraction of sp³-hybridized carbons (Fsp3) is 0.353. The summed E-state index contributed by atoms with van der Waals surface area (Å²) in [4.78, 5) is 32.6. The standard InChI is InChI=1S/C17H20N4O2S/c1-18-16(22)13-5-3-4-12(8-13)15-9-21(7-6-20(15)2)17(23)14-10-24-11-19-14/h3-5,8,10-11,15H,6-7,9H2,1-2H3,(H,18,22). The molecule has 6 nitrogen and oxygen atoms in total. The SMILES string of the molecule is CNC(=O)c1cccc(C2CN(C(=O)c3cscn3)CCN2C)c1. The zero-order valence-electron chi connectivity index (χ0n) is 13.7. The van der Waals surface area contributed by atoms with Gasteiger partial charge < -0.3 is 10.2 Å². The lowest BCUT2D eigenvalue weighted by Gasteiger charge is -2.39. The molecule has 1 unspecified atom stereocenters. The van der Waals surface area contributed by atoms with Crippen LogP contribution in [0.15, 0.2) is 35.2 Å². The number of piperazine rings is 1. The highest BCUT2D eigenvalue weighted by Crippen LogP contribution is 2.25. The molecule has 1 aromatic carbocycles. The molecular formula is C17H20N4O2S. The van der Waals surface area contributed by atoms with Gasteiger partial charge in [0.05, 0.1) is 11.6 Å². The van der Waals surface area contributed by atoms with Gasteiger partial charge in [-0.2, -0.15) is 0 Å². The van der Waals surface area contributed by atoms with Crippen LogP contribution in [0.3, 0.4) is 0 Å². The maximum absolute atomic E-state index is 12.6. The van der Waals surface area contributed by atoms with E-state index in [9.17, 15) is 9.59 Å². The molecule has 0 bridgehead atoms. The van der Waals surface area contributed by atoms with E-state index in [1.165, 1.54) is 11.3 Å². The average molecular weight is 344 g/mol. The average Bonchev–Trinajstić information content (AvgIpc) is 3.15. The van der Waals surface area contributed by atoms with Crippen LogP contribution in [0.25, 0.3) is 0 Å². The van der Waals surface area contributed by atoms with E-state index < -0.39 is 0 Å². The molecule has 1 N–H and O–H groups in total. The molecule has 1 aromatic heterocycles. The van der Waals surface area contributed by atoms with Crippen LogP contribution in [0.2, 0.25) is 0 Å². The van der Waals surface area contributed by atoms with Gasteiger partial charge in [0.25, 0.3) is 11.8 Å². The summed E-state index contributed by atoms with van der Waals surface area (Å²) in [6.45, 7) is 2.05. The monoisotopic (exact) mass is 344 g/mol. The van der Waals surface area contributed by atoms with Crippen molar-refractivity contribution in [3.05, 3.63) is 52.0 Å². The summed E-state index contributed by atoms with van der Waals surface area (Å²) in [5.41, 5.74) is 3.84. The molecule has 126 valence electrons. The largest absolute Gasteiger partial charge is 0.355 e. The second kappa shape index (κ2) is 7.11. The molecule has 1 saturated heterocycles. The highest BCUT2D eigenvalue weighted by atomic mass is 32.1. The number of aromatic nitrogens is 1. The third kappa shape index (κ3) is 3.32. The molecule has 0 aliphatic carbocycles. The predicted octanol–water partition coefficient (Wildman–Crippen LogP) is 1.63. The van der Waals surface area contributed by atoms with Crippen LogP contribution in [0, 0.1) is 0 Å². The molecule has 1 aliphatic rings. The number of hydrogen-bond donors (Lipinski definition) is 1. The molecule has 2 amide bonds. The van der Waals surface area contributed by atoms with Gasteiger partial charge in [-0.25, -0.2) is 4.98 Å². The Morgan fingerprint density at radius 3 is 2.88 bits per heavy atom. The van der Waals surface area contributed by atoms with E-state index in [-0.39, 0.29) is 17.9 Å². The van der Waals surface area contributed by atoms with Crippen LogP contribution in [-0.2, 0) is 0 Å². The van der Waals surface area contributed by atoms with Crippen LogP contribution < -0.4 is 5.32 Å². The number of hydrogen-bond acceptors (Lipinski definition) is 5. The molecule has 7 heteroatoms. The van der Waals surface area contributed by atoms with Crippen molar-refractivity contribution in [1.82, 2.24) is 20.1 Å². The van der Waals surface area contributed by atoms with Crippen LogP contribution in [0.5, 0.6) is 0 Å². The fourth-order valence-corrected chi connectivity index (χ4v) is 3.46. The zero-order chi connectivity index (χ0) is 17.1. The summed E-state index contributed by atoms with van der Waals surface area (Å²) in [5.74, 6) is -0.137. The van der Waals surface area contributed by atoms with Crippen molar-refractivity contribution in [2.45, 2.75) is 6.04 Å². The van der Waals surface area contributed by atoms with E-state index in [2.05, 4.69) is 15.2 Å². The molecule has 1 atom stereocenters. The van der Waals surface area contributed by atoms with Gasteiger partial charge in [0.1, 0.15) is 5.69 Å². The van der Waals surface area contributed by atoms with Gasteiger partial charge >= 0.3 is 0 Å². The predicted molar refractivity (Wildman–Crippen MR) is 93.2 cm³/mol. The van der Waals surface area contributed by atoms with E-state index in [4.69, 9.17) is 0 Å². The number of nitrogens with zero attached hydrogens (tertiary/aromatic N) is 3. The maximum Gasteiger partial charge on any atom is 0.273 e. The molecule has 2 aromatic rings. The van der Waals surface area contributed by atoms with Gasteiger partial charge in [-0.3, -0.25) is 14.5 Å². The lowest BCUT2D eigenvalue weighted by Crippen LogP contribution is -2.49. The number of rotatable bonds is 3. The van der Waals surface area contributed by atoms with Crippen molar-refractivity contribution < 1.29 is 9.59 Å². The van der Waals surface area contributed by atoms with E-state index in [1.54, 1.807) is 24.0 Å². The number of nitrogens with one attached hydrogen (secondary N) is 1. The Bertz CT molecular complexity index is 732. The van der Waals surface area contributed by atoms with Crippen LogP contribution in [0.4, 0.5) is 0 Å². The Morgan fingerprint density at radius 1 is 1.33 bits per heavy atom. The molecule has 2 heterocycles. The van der Waals surface area contributed by atoms with Gasteiger partial charge in [-0.05, 0) is 24.7 Å². The molecule has 3 rings (SSSR count). The first-order valence-electron chi connectivity index (χ1n) is 7.80. The lowest BCUT2D eigenvalue weighted by atomic mass is 10.00. The molecule has 24 heavy (non-hydrogen) atoms. The van der Waals surface area contributed by atoms with Crippen LogP contribution in [0.1, 0.15) is 32.5 Å².